The second kappa shape index (κ2) is 7.43. The number of benzene rings is 1. The molecule has 0 saturated carbocycles. The Morgan fingerprint density at radius 3 is 2.27 bits per heavy atom. The van der Waals surface area contributed by atoms with Crippen molar-refractivity contribution >= 4 is 21.9 Å². The lowest BCUT2D eigenvalue weighted by atomic mass is 10.2. The van der Waals surface area contributed by atoms with E-state index in [1.165, 1.54) is 7.11 Å². The molecule has 15 heavy (non-hydrogen) atoms. The van der Waals surface area contributed by atoms with Gasteiger partial charge in [0.25, 0.3) is 0 Å². The molecule has 0 atom stereocenters. The molecule has 3 nitrogen and oxygen atoms in total. The van der Waals surface area contributed by atoms with Gasteiger partial charge in [-0.25, -0.2) is 4.79 Å². The van der Waals surface area contributed by atoms with Crippen LogP contribution in [0.4, 0.5) is 0 Å². The van der Waals surface area contributed by atoms with Gasteiger partial charge < -0.3 is 9.84 Å². The Bertz CT molecular complexity index is 308. The molecule has 1 aromatic rings. The SMILES string of the molecule is CC(C)O.COC(=O)c1ccccc1Br. The third-order valence-corrected chi connectivity index (χ3v) is 1.97. The number of carbonyl (C=O) groups excluding carboxylic acids is 1. The molecule has 4 heteroatoms. The van der Waals surface area contributed by atoms with Gasteiger partial charge in [0.2, 0.25) is 0 Å². The highest BCUT2D eigenvalue weighted by atomic mass is 79.9. The quantitative estimate of drug-likeness (QED) is 0.801. The molecule has 84 valence electrons. The zero-order chi connectivity index (χ0) is 11.8. The highest BCUT2D eigenvalue weighted by molar-refractivity contribution is 9.10. The van der Waals surface area contributed by atoms with Crippen LogP contribution in [0.1, 0.15) is 24.2 Å². The van der Waals surface area contributed by atoms with Gasteiger partial charge >= 0.3 is 5.97 Å². The van der Waals surface area contributed by atoms with Crippen molar-refractivity contribution in [3.63, 3.8) is 0 Å². The molecule has 0 aliphatic heterocycles. The van der Waals surface area contributed by atoms with Crippen molar-refractivity contribution in [2.75, 3.05) is 7.11 Å². The lowest BCUT2D eigenvalue weighted by molar-refractivity contribution is 0.0599. The van der Waals surface area contributed by atoms with E-state index in [1.807, 2.05) is 6.07 Å². The van der Waals surface area contributed by atoms with Crippen molar-refractivity contribution in [1.82, 2.24) is 0 Å². The van der Waals surface area contributed by atoms with Crippen LogP contribution in [0.25, 0.3) is 0 Å². The van der Waals surface area contributed by atoms with E-state index < -0.39 is 0 Å². The number of methoxy groups -OCH3 is 1. The Morgan fingerprint density at radius 2 is 1.87 bits per heavy atom. The number of aliphatic hydroxyl groups is 1. The molecule has 0 heterocycles. The minimum absolute atomic E-state index is 0.167. The Balaban J connectivity index is 0.000000423. The van der Waals surface area contributed by atoms with Crippen molar-refractivity contribution in [2.24, 2.45) is 0 Å². The molecule has 0 bridgehead atoms. The molecular weight excluding hydrogens is 260 g/mol. The van der Waals surface area contributed by atoms with Gasteiger partial charge in [0, 0.05) is 10.6 Å². The van der Waals surface area contributed by atoms with Crippen LogP contribution in [0.3, 0.4) is 0 Å². The third kappa shape index (κ3) is 6.25. The molecule has 1 N–H and O–H groups in total. The highest BCUT2D eigenvalue weighted by Crippen LogP contribution is 2.16. The first kappa shape index (κ1) is 14.1. The van der Waals surface area contributed by atoms with Crippen molar-refractivity contribution in [1.29, 1.82) is 0 Å². The van der Waals surface area contributed by atoms with E-state index >= 15 is 0 Å². The molecular formula is C11H15BrO3. The Hall–Kier alpha value is -0.870. The van der Waals surface area contributed by atoms with Crippen LogP contribution in [-0.4, -0.2) is 24.3 Å². The molecule has 0 aromatic heterocycles. The van der Waals surface area contributed by atoms with Crippen LogP contribution >= 0.6 is 15.9 Å². The smallest absolute Gasteiger partial charge is 0.338 e. The Kier molecular flexibility index (Phi) is 6.99. The summed E-state index contributed by atoms with van der Waals surface area (Å²) in [5, 5.41) is 8.06. The average Bonchev–Trinajstić information content (AvgIpc) is 2.16. The van der Waals surface area contributed by atoms with Crippen LogP contribution in [0.5, 0.6) is 0 Å². The maximum Gasteiger partial charge on any atom is 0.338 e. The van der Waals surface area contributed by atoms with E-state index in [1.54, 1.807) is 32.0 Å². The minimum Gasteiger partial charge on any atom is -0.465 e. The lowest BCUT2D eigenvalue weighted by Gasteiger charge is -1.99. The predicted molar refractivity (Wildman–Crippen MR) is 62.8 cm³/mol. The third-order valence-electron chi connectivity index (χ3n) is 1.28. The molecule has 1 aromatic carbocycles. The molecule has 0 aliphatic rings. The van der Waals surface area contributed by atoms with Crippen LogP contribution in [0.2, 0.25) is 0 Å². The van der Waals surface area contributed by atoms with Crippen LogP contribution in [-0.2, 0) is 4.74 Å². The van der Waals surface area contributed by atoms with E-state index in [0.29, 0.717) is 5.56 Å². The van der Waals surface area contributed by atoms with Gasteiger partial charge in [0.1, 0.15) is 0 Å². The number of hydrogen-bond acceptors (Lipinski definition) is 3. The summed E-state index contributed by atoms with van der Waals surface area (Å²) in [6.45, 7) is 3.44. The van der Waals surface area contributed by atoms with Crippen molar-refractivity contribution in [3.05, 3.63) is 34.3 Å². The number of esters is 1. The van der Waals surface area contributed by atoms with E-state index in [0.717, 1.165) is 4.47 Å². The highest BCUT2D eigenvalue weighted by Gasteiger charge is 2.07. The van der Waals surface area contributed by atoms with Crippen LogP contribution < -0.4 is 0 Å². The maximum atomic E-state index is 11.0. The summed E-state index contributed by atoms with van der Waals surface area (Å²) in [6.07, 6.45) is -0.167. The van der Waals surface area contributed by atoms with Crippen molar-refractivity contribution in [3.8, 4) is 0 Å². The molecule has 0 saturated heterocycles. The van der Waals surface area contributed by atoms with Gasteiger partial charge in [0.05, 0.1) is 12.7 Å². The lowest BCUT2D eigenvalue weighted by Crippen LogP contribution is -2.01. The van der Waals surface area contributed by atoms with Gasteiger partial charge in [-0.1, -0.05) is 12.1 Å². The summed E-state index contributed by atoms with van der Waals surface area (Å²) in [5.74, 6) is -0.322. The Labute approximate surface area is 98.2 Å². The fraction of sp³-hybridized carbons (Fsp3) is 0.364. The standard InChI is InChI=1S/C8H7BrO2.C3H8O/c1-11-8(10)6-4-2-3-5-7(6)9;1-3(2)4/h2-5H,1H3;3-4H,1-2H3. The van der Waals surface area contributed by atoms with Gasteiger partial charge in [-0.2, -0.15) is 0 Å². The summed E-state index contributed by atoms with van der Waals surface area (Å²) < 4.78 is 5.30. The van der Waals surface area contributed by atoms with Gasteiger partial charge in [-0.3, -0.25) is 0 Å². The van der Waals surface area contributed by atoms with E-state index in [9.17, 15) is 4.79 Å². The predicted octanol–water partition coefficient (Wildman–Crippen LogP) is 2.62. The number of aliphatic hydroxyl groups excluding tert-OH is 1. The molecule has 0 amide bonds. The zero-order valence-electron chi connectivity index (χ0n) is 9.03. The molecule has 0 unspecified atom stereocenters. The molecule has 0 spiro atoms. The fourth-order valence-corrected chi connectivity index (χ4v) is 1.18. The normalized spacial score (nSPS) is 9.20. The number of rotatable bonds is 1. The van der Waals surface area contributed by atoms with Crippen molar-refractivity contribution < 1.29 is 14.6 Å². The second-order valence-corrected chi connectivity index (χ2v) is 3.92. The maximum absolute atomic E-state index is 11.0. The van der Waals surface area contributed by atoms with Crippen LogP contribution in [0, 0.1) is 0 Å². The molecule has 0 radical (unpaired) electrons. The number of hydrogen-bond donors (Lipinski definition) is 1. The summed E-state index contributed by atoms with van der Waals surface area (Å²) in [7, 11) is 1.36. The second-order valence-electron chi connectivity index (χ2n) is 3.07. The average molecular weight is 275 g/mol. The number of carbonyl (C=O) groups is 1. The summed E-state index contributed by atoms with van der Waals surface area (Å²) in [5.41, 5.74) is 0.551. The largest absolute Gasteiger partial charge is 0.465 e. The van der Waals surface area contributed by atoms with Gasteiger partial charge in [-0.15, -0.1) is 0 Å². The molecule has 1 rings (SSSR count). The zero-order valence-corrected chi connectivity index (χ0v) is 10.6. The monoisotopic (exact) mass is 274 g/mol. The summed E-state index contributed by atoms with van der Waals surface area (Å²) in [4.78, 5) is 11.0. The first-order valence-corrected chi connectivity index (χ1v) is 5.29. The summed E-state index contributed by atoms with van der Waals surface area (Å²) >= 11 is 3.24. The van der Waals surface area contributed by atoms with E-state index in [2.05, 4.69) is 20.7 Å². The fourth-order valence-electron chi connectivity index (χ4n) is 0.737. The summed E-state index contributed by atoms with van der Waals surface area (Å²) in [6, 6.07) is 7.13. The number of halogens is 1. The number of ether oxygens (including phenoxy) is 1. The van der Waals surface area contributed by atoms with Gasteiger partial charge in [-0.05, 0) is 41.9 Å². The first-order valence-electron chi connectivity index (χ1n) is 4.50. The van der Waals surface area contributed by atoms with Gasteiger partial charge in [0.15, 0.2) is 0 Å². The van der Waals surface area contributed by atoms with Crippen molar-refractivity contribution in [2.45, 2.75) is 20.0 Å². The molecule has 0 aliphatic carbocycles. The van der Waals surface area contributed by atoms with E-state index in [4.69, 9.17) is 5.11 Å². The van der Waals surface area contributed by atoms with E-state index in [-0.39, 0.29) is 12.1 Å². The Morgan fingerprint density at radius 1 is 1.40 bits per heavy atom. The minimum atomic E-state index is -0.322. The molecule has 0 fully saturated rings. The van der Waals surface area contributed by atoms with Crippen LogP contribution in [0.15, 0.2) is 28.7 Å². The first-order chi connectivity index (χ1) is 6.99. The topological polar surface area (TPSA) is 46.5 Å².